The highest BCUT2D eigenvalue weighted by Crippen LogP contribution is 2.28. The van der Waals surface area contributed by atoms with Gasteiger partial charge in [-0.1, -0.05) is 5.16 Å². The minimum Gasteiger partial charge on any atom is -0.333 e. The van der Waals surface area contributed by atoms with Gasteiger partial charge < -0.3 is 9.84 Å². The van der Waals surface area contributed by atoms with E-state index < -0.39 is 11.8 Å². The molecule has 0 unspecified atom stereocenters. The fourth-order valence-electron chi connectivity index (χ4n) is 1.66. The molecule has 2 heterocycles. The first-order valence-corrected chi connectivity index (χ1v) is 5.00. The molecule has 1 fully saturated rings. The van der Waals surface area contributed by atoms with Crippen LogP contribution in [0.5, 0.6) is 0 Å². The van der Waals surface area contributed by atoms with Crippen LogP contribution < -0.4 is 5.32 Å². The topological polar surface area (TPSA) is 51.0 Å². The molecule has 4 nitrogen and oxygen atoms in total. The number of hydrogen-bond donors (Lipinski definition) is 1. The van der Waals surface area contributed by atoms with E-state index in [0.717, 1.165) is 32.9 Å². The lowest BCUT2D eigenvalue weighted by atomic mass is 9.98. The maximum absolute atomic E-state index is 12.8. The van der Waals surface area contributed by atoms with Crippen molar-refractivity contribution in [2.24, 2.45) is 0 Å². The van der Waals surface area contributed by atoms with Gasteiger partial charge in [0.05, 0.1) is 0 Å². The molecule has 0 radical (unpaired) electrons. The van der Waals surface area contributed by atoms with Crippen LogP contribution in [-0.4, -0.2) is 23.2 Å². The molecule has 2 rings (SSSR count). The van der Waals surface area contributed by atoms with E-state index in [2.05, 4.69) is 20.0 Å². The average Bonchev–Trinajstić information content (AvgIpc) is 2.67. The summed E-state index contributed by atoms with van der Waals surface area (Å²) in [5, 5.41) is 6.80. The van der Waals surface area contributed by atoms with E-state index >= 15 is 0 Å². The molecule has 1 aromatic rings. The summed E-state index contributed by atoms with van der Waals surface area (Å²) in [6, 6.07) is 0. The van der Waals surface area contributed by atoms with Gasteiger partial charge in [-0.15, -0.1) is 12.4 Å². The van der Waals surface area contributed by atoms with Crippen molar-refractivity contribution < 1.29 is 13.3 Å². The normalized spacial score (nSPS) is 18.2. The van der Waals surface area contributed by atoms with E-state index in [0.29, 0.717) is 5.82 Å². The lowest BCUT2D eigenvalue weighted by Crippen LogP contribution is -2.27. The molecule has 1 aromatic heterocycles. The molecular formula is C9H14ClF2N3O. The number of nitrogens with one attached hydrogen (secondary N) is 1. The van der Waals surface area contributed by atoms with E-state index in [-0.39, 0.29) is 18.3 Å². The lowest BCUT2D eigenvalue weighted by molar-refractivity contribution is -0.0158. The van der Waals surface area contributed by atoms with E-state index in [4.69, 9.17) is 0 Å². The highest BCUT2D eigenvalue weighted by Gasteiger charge is 2.33. The van der Waals surface area contributed by atoms with E-state index in [1.807, 2.05) is 0 Å². The molecule has 92 valence electrons. The first-order chi connectivity index (χ1) is 7.07. The minimum atomic E-state index is -3.04. The molecule has 16 heavy (non-hydrogen) atoms. The SMILES string of the molecule is CC(F)(F)c1nc(C2CCNCC2)no1.Cl. The zero-order valence-electron chi connectivity index (χ0n) is 8.87. The Morgan fingerprint density at radius 1 is 1.38 bits per heavy atom. The standard InChI is InChI=1S/C9H13F2N3O.ClH/c1-9(10,11)8-13-7(14-15-8)6-2-4-12-5-3-6;/h6,12H,2-5H2,1H3;1H. The van der Waals surface area contributed by atoms with E-state index in [1.165, 1.54) is 0 Å². The van der Waals surface area contributed by atoms with Gasteiger partial charge in [-0.2, -0.15) is 13.8 Å². The molecule has 0 spiro atoms. The molecule has 7 heteroatoms. The maximum atomic E-state index is 12.8. The van der Waals surface area contributed by atoms with Gasteiger partial charge in [0.15, 0.2) is 5.82 Å². The summed E-state index contributed by atoms with van der Waals surface area (Å²) in [4.78, 5) is 3.75. The van der Waals surface area contributed by atoms with Crippen molar-refractivity contribution in [3.63, 3.8) is 0 Å². The summed E-state index contributed by atoms with van der Waals surface area (Å²) in [6.07, 6.45) is 1.74. The van der Waals surface area contributed by atoms with Crippen molar-refractivity contribution in [2.75, 3.05) is 13.1 Å². The summed E-state index contributed by atoms with van der Waals surface area (Å²) in [7, 11) is 0. The largest absolute Gasteiger partial charge is 0.333 e. The third-order valence-corrected chi connectivity index (χ3v) is 2.52. The Morgan fingerprint density at radius 2 is 2.00 bits per heavy atom. The van der Waals surface area contributed by atoms with Crippen LogP contribution in [0.1, 0.15) is 37.4 Å². The summed E-state index contributed by atoms with van der Waals surface area (Å²) in [5.41, 5.74) is 0. The number of alkyl halides is 2. The van der Waals surface area contributed by atoms with Crippen molar-refractivity contribution in [3.05, 3.63) is 11.7 Å². The Morgan fingerprint density at radius 3 is 2.50 bits per heavy atom. The molecule has 0 amide bonds. The molecule has 0 bridgehead atoms. The molecule has 1 aliphatic heterocycles. The molecule has 0 saturated carbocycles. The molecule has 1 aliphatic rings. The van der Waals surface area contributed by atoms with Gasteiger partial charge in [-0.25, -0.2) is 0 Å². The van der Waals surface area contributed by atoms with Crippen LogP contribution in [0.15, 0.2) is 4.52 Å². The van der Waals surface area contributed by atoms with Crippen molar-refractivity contribution in [1.29, 1.82) is 0 Å². The fourth-order valence-corrected chi connectivity index (χ4v) is 1.66. The second-order valence-electron chi connectivity index (χ2n) is 3.87. The minimum absolute atomic E-state index is 0. The quantitative estimate of drug-likeness (QED) is 0.877. The first-order valence-electron chi connectivity index (χ1n) is 5.00. The fraction of sp³-hybridized carbons (Fsp3) is 0.778. The van der Waals surface area contributed by atoms with Crippen LogP contribution in [0.3, 0.4) is 0 Å². The summed E-state index contributed by atoms with van der Waals surface area (Å²) >= 11 is 0. The summed E-state index contributed by atoms with van der Waals surface area (Å²) in [5.74, 6) is -3.08. The highest BCUT2D eigenvalue weighted by atomic mass is 35.5. The van der Waals surface area contributed by atoms with Gasteiger partial charge in [-0.3, -0.25) is 0 Å². The second-order valence-corrected chi connectivity index (χ2v) is 3.87. The number of nitrogens with zero attached hydrogens (tertiary/aromatic N) is 2. The van der Waals surface area contributed by atoms with Crippen molar-refractivity contribution in [3.8, 4) is 0 Å². The van der Waals surface area contributed by atoms with Gasteiger partial charge in [0.25, 0.3) is 5.89 Å². The Kier molecular flexibility index (Phi) is 4.21. The van der Waals surface area contributed by atoms with Crippen molar-refractivity contribution in [2.45, 2.75) is 31.6 Å². The summed E-state index contributed by atoms with van der Waals surface area (Å²) < 4.78 is 30.2. The van der Waals surface area contributed by atoms with Crippen molar-refractivity contribution in [1.82, 2.24) is 15.5 Å². The van der Waals surface area contributed by atoms with Crippen LogP contribution in [0, 0.1) is 0 Å². The third-order valence-electron chi connectivity index (χ3n) is 2.52. The highest BCUT2D eigenvalue weighted by molar-refractivity contribution is 5.85. The average molecular weight is 254 g/mol. The second kappa shape index (κ2) is 5.05. The van der Waals surface area contributed by atoms with E-state index in [1.54, 1.807) is 0 Å². The zero-order chi connectivity index (χ0) is 10.9. The number of piperidine rings is 1. The Labute approximate surface area is 98.2 Å². The molecule has 0 aliphatic carbocycles. The van der Waals surface area contributed by atoms with Gasteiger partial charge in [0.2, 0.25) is 0 Å². The predicted octanol–water partition coefficient (Wildman–Crippen LogP) is 2.07. The Bertz CT molecular complexity index is 334. The number of halogens is 3. The lowest BCUT2D eigenvalue weighted by Gasteiger charge is -2.19. The third kappa shape index (κ3) is 2.89. The molecule has 0 atom stereocenters. The molecule has 1 N–H and O–H groups in total. The van der Waals surface area contributed by atoms with Crippen LogP contribution >= 0.6 is 12.4 Å². The monoisotopic (exact) mass is 253 g/mol. The smallest absolute Gasteiger partial charge is 0.322 e. The van der Waals surface area contributed by atoms with Crippen LogP contribution in [-0.2, 0) is 5.92 Å². The number of rotatable bonds is 2. The molecular weight excluding hydrogens is 240 g/mol. The zero-order valence-corrected chi connectivity index (χ0v) is 9.69. The Hall–Kier alpha value is -0.750. The van der Waals surface area contributed by atoms with Gasteiger partial charge >= 0.3 is 5.92 Å². The number of hydrogen-bond acceptors (Lipinski definition) is 4. The molecule has 0 aromatic carbocycles. The van der Waals surface area contributed by atoms with Crippen molar-refractivity contribution >= 4 is 12.4 Å². The van der Waals surface area contributed by atoms with Crippen LogP contribution in [0.4, 0.5) is 8.78 Å². The van der Waals surface area contributed by atoms with E-state index in [9.17, 15) is 8.78 Å². The Balaban J connectivity index is 0.00000128. The van der Waals surface area contributed by atoms with Crippen LogP contribution in [0.25, 0.3) is 0 Å². The predicted molar refractivity (Wildman–Crippen MR) is 56.0 cm³/mol. The van der Waals surface area contributed by atoms with Gasteiger partial charge in [-0.05, 0) is 25.9 Å². The van der Waals surface area contributed by atoms with Crippen LogP contribution in [0.2, 0.25) is 0 Å². The first kappa shape index (κ1) is 13.3. The maximum Gasteiger partial charge on any atom is 0.322 e. The summed E-state index contributed by atoms with van der Waals surface area (Å²) in [6.45, 7) is 2.50. The molecule has 1 saturated heterocycles. The number of aromatic nitrogens is 2. The van der Waals surface area contributed by atoms with Gasteiger partial charge in [0.1, 0.15) is 0 Å². The van der Waals surface area contributed by atoms with Gasteiger partial charge in [0, 0.05) is 12.8 Å².